The fourth-order valence-corrected chi connectivity index (χ4v) is 0. The molecule has 0 fully saturated rings. The molecule has 0 aliphatic carbocycles. The molecule has 6 heteroatoms. The van der Waals surface area contributed by atoms with E-state index in [0.29, 0.717) is 0 Å². The minimum atomic E-state index is 0. The van der Waals surface area contributed by atoms with Gasteiger partial charge in [-0.2, -0.15) is 9.90 Å². The van der Waals surface area contributed by atoms with Gasteiger partial charge in [0.25, 0.3) is 0 Å². The molecule has 0 rings (SSSR count). The summed E-state index contributed by atoms with van der Waals surface area (Å²) in [6.07, 6.45) is 0. The maximum Gasteiger partial charge on any atom is 2.00 e. The van der Waals surface area contributed by atoms with Crippen LogP contribution in [0.15, 0.2) is 0 Å². The van der Waals surface area contributed by atoms with E-state index in [1.165, 1.54) is 0 Å². The zero-order valence-electron chi connectivity index (χ0n) is 8.78. The van der Waals surface area contributed by atoms with Gasteiger partial charge in [-0.15, -0.1) is 0 Å². The SMILES string of the molecule is P.[Ca+2].[Cu].[Fe].[H-].[H-].[H-].[H-].[H-].[Mg+2].[Na+]. The molecule has 0 aromatic rings. The Morgan fingerprint density at radius 2 is 1.17 bits per heavy atom. The van der Waals surface area contributed by atoms with Gasteiger partial charge in [-0.25, -0.2) is 0 Å². The van der Waals surface area contributed by atoms with Crippen LogP contribution in [0.5, 0.6) is 0 Å². The summed E-state index contributed by atoms with van der Waals surface area (Å²) >= 11 is 0. The van der Waals surface area contributed by atoms with Crippen molar-refractivity contribution in [2.24, 2.45) is 0 Å². The Balaban J connectivity index is 0. The monoisotopic (exact) mass is 245 g/mol. The Labute approximate surface area is 139 Å². The first-order chi connectivity index (χ1) is 0. The Morgan fingerprint density at radius 3 is 1.17 bits per heavy atom. The summed E-state index contributed by atoms with van der Waals surface area (Å²) in [5, 5.41) is 0. The molecule has 0 saturated heterocycles. The van der Waals surface area contributed by atoms with Gasteiger partial charge in [-0.3, -0.25) is 0 Å². The molecular formula is H8CaCuFeMgNaP. The van der Waals surface area contributed by atoms with Crippen LogP contribution >= 0.6 is 9.90 Å². The molecule has 0 bridgehead atoms. The average molecular weight is 246 g/mol. The molecule has 0 amide bonds. The van der Waals surface area contributed by atoms with Crippen molar-refractivity contribution in [1.29, 1.82) is 0 Å². The Morgan fingerprint density at radius 1 is 1.17 bits per heavy atom. The van der Waals surface area contributed by atoms with E-state index in [4.69, 9.17) is 0 Å². The molecule has 1 atom stereocenters. The van der Waals surface area contributed by atoms with Gasteiger partial charge in [0.1, 0.15) is 0 Å². The minimum Gasteiger partial charge on any atom is -1.00 e. The predicted octanol–water partition coefficient (Wildman–Crippen LogP) is -3.14. The third-order valence-electron chi connectivity index (χ3n) is 0. The summed E-state index contributed by atoms with van der Waals surface area (Å²) < 4.78 is 0. The summed E-state index contributed by atoms with van der Waals surface area (Å²) in [4.78, 5) is 0. The maximum absolute atomic E-state index is 0. The van der Waals surface area contributed by atoms with Gasteiger partial charge in [0.05, 0.1) is 0 Å². The Bertz CT molecular complexity index is 26.4. The Kier molecular flexibility index (Phi) is 265. The molecule has 0 saturated carbocycles. The van der Waals surface area contributed by atoms with Crippen molar-refractivity contribution in [2.75, 3.05) is 0 Å². The third-order valence-corrected chi connectivity index (χ3v) is 0. The summed E-state index contributed by atoms with van der Waals surface area (Å²) in [6, 6.07) is 0. The van der Waals surface area contributed by atoms with Crippen LogP contribution in [0.1, 0.15) is 7.13 Å². The van der Waals surface area contributed by atoms with Crippen molar-refractivity contribution < 1.29 is 70.8 Å². The van der Waals surface area contributed by atoms with E-state index in [0.717, 1.165) is 0 Å². The largest absolute Gasteiger partial charge is 2.00 e. The number of hydrogen-bond acceptors (Lipinski definition) is 0. The van der Waals surface area contributed by atoms with Crippen molar-refractivity contribution >= 4 is 70.7 Å². The molecule has 0 spiro atoms. The number of hydrogen-bond donors (Lipinski definition) is 0. The second-order valence-electron chi connectivity index (χ2n) is 0. The average Bonchev–Trinajstić information content (AvgIpc) is 0. The summed E-state index contributed by atoms with van der Waals surface area (Å²) in [6.45, 7) is 0. The second kappa shape index (κ2) is 33.9. The van der Waals surface area contributed by atoms with Crippen LogP contribution in [0.25, 0.3) is 0 Å². The topological polar surface area (TPSA) is 0 Å². The first-order valence-electron chi connectivity index (χ1n) is 0. The van der Waals surface area contributed by atoms with E-state index in [-0.39, 0.29) is 142 Å². The van der Waals surface area contributed by atoms with Gasteiger partial charge in [0.15, 0.2) is 0 Å². The number of rotatable bonds is 0. The smallest absolute Gasteiger partial charge is 1.00 e. The van der Waals surface area contributed by atoms with Crippen LogP contribution in [0, 0.1) is 0 Å². The van der Waals surface area contributed by atoms with E-state index >= 15 is 0 Å². The van der Waals surface area contributed by atoms with E-state index in [1.54, 1.807) is 0 Å². The minimum absolute atomic E-state index is 0. The Hall–Kier alpha value is 4.49. The van der Waals surface area contributed by atoms with Crippen molar-refractivity contribution in [3.8, 4) is 0 Å². The molecule has 0 aromatic carbocycles. The molecular weight excluding hydrogens is 238 g/mol. The maximum atomic E-state index is 0. The summed E-state index contributed by atoms with van der Waals surface area (Å²) in [7, 11) is 0. The third kappa shape index (κ3) is 23.6. The van der Waals surface area contributed by atoms with Gasteiger partial charge < -0.3 is 7.13 Å². The van der Waals surface area contributed by atoms with Crippen LogP contribution in [-0.2, 0) is 34.1 Å². The van der Waals surface area contributed by atoms with E-state index in [2.05, 4.69) is 0 Å². The molecule has 1 radical (unpaired) electrons. The zero-order valence-corrected chi connectivity index (χ0v) is 12.9. The second-order valence-corrected chi connectivity index (χ2v) is 0. The molecule has 37 valence electrons. The van der Waals surface area contributed by atoms with Gasteiger partial charge >= 0.3 is 90.3 Å². The molecule has 1 unspecified atom stereocenters. The normalized spacial score (nSPS) is 0. The van der Waals surface area contributed by atoms with E-state index in [1.807, 2.05) is 0 Å². The van der Waals surface area contributed by atoms with Crippen molar-refractivity contribution in [3.05, 3.63) is 0 Å². The molecule has 0 nitrogen and oxygen atoms in total. The molecule has 0 aromatic heterocycles. The van der Waals surface area contributed by atoms with Crippen molar-refractivity contribution in [2.45, 2.75) is 0 Å². The molecule has 6 heavy (non-hydrogen) atoms. The van der Waals surface area contributed by atoms with E-state index in [9.17, 15) is 0 Å². The standard InChI is InChI=1S/Ca.Cu.Fe.Mg.Na.H3P.5H/h;;;;;1H3;;;;;/q+2;;;+2;+1;;5*-1. The first-order valence-corrected chi connectivity index (χ1v) is 0. The summed E-state index contributed by atoms with van der Waals surface area (Å²) in [5.41, 5.74) is 0. The van der Waals surface area contributed by atoms with Crippen LogP contribution in [0.4, 0.5) is 0 Å². The first kappa shape index (κ1) is 46.8. The van der Waals surface area contributed by atoms with Crippen LogP contribution in [0.2, 0.25) is 0 Å². The van der Waals surface area contributed by atoms with Gasteiger partial charge in [0, 0.05) is 34.1 Å². The zero-order chi connectivity index (χ0) is 0. The van der Waals surface area contributed by atoms with Crippen molar-refractivity contribution in [3.63, 3.8) is 0 Å². The van der Waals surface area contributed by atoms with Gasteiger partial charge in [-0.05, 0) is 0 Å². The predicted molar refractivity (Wildman–Crippen MR) is 28.2 cm³/mol. The van der Waals surface area contributed by atoms with E-state index < -0.39 is 0 Å². The molecule has 0 aliphatic rings. The van der Waals surface area contributed by atoms with Crippen LogP contribution in [-0.4, -0.2) is 60.8 Å². The molecule has 0 aliphatic heterocycles. The van der Waals surface area contributed by atoms with Gasteiger partial charge in [0.2, 0.25) is 0 Å². The van der Waals surface area contributed by atoms with Crippen LogP contribution in [0.3, 0.4) is 0 Å². The van der Waals surface area contributed by atoms with Gasteiger partial charge in [-0.1, -0.05) is 0 Å². The van der Waals surface area contributed by atoms with Crippen molar-refractivity contribution in [1.82, 2.24) is 0 Å². The summed E-state index contributed by atoms with van der Waals surface area (Å²) in [5.74, 6) is 0. The fourth-order valence-electron chi connectivity index (χ4n) is 0. The van der Waals surface area contributed by atoms with Crippen LogP contribution < -0.4 is 29.6 Å². The molecule has 0 N–H and O–H groups in total. The molecule has 0 heterocycles. The fraction of sp³-hybridized carbons (Fsp3) is 0. The quantitative estimate of drug-likeness (QED) is 0.313.